The van der Waals surface area contributed by atoms with Gasteiger partial charge in [0.1, 0.15) is 0 Å². The van der Waals surface area contributed by atoms with Crippen molar-refractivity contribution in [1.29, 1.82) is 0 Å². The van der Waals surface area contributed by atoms with E-state index >= 15 is 0 Å². The van der Waals surface area contributed by atoms with E-state index in [2.05, 4.69) is 67.5 Å². The van der Waals surface area contributed by atoms with Gasteiger partial charge >= 0.3 is 0 Å². The predicted octanol–water partition coefficient (Wildman–Crippen LogP) is 6.32. The molecule has 0 amide bonds. The lowest BCUT2D eigenvalue weighted by molar-refractivity contribution is 0.319. The van der Waals surface area contributed by atoms with Crippen LogP contribution in [0.4, 0.5) is 0 Å². The zero-order chi connectivity index (χ0) is 14.3. The van der Waals surface area contributed by atoms with E-state index in [1.807, 2.05) is 0 Å². The van der Waals surface area contributed by atoms with Gasteiger partial charge in [-0.25, -0.2) is 0 Å². The van der Waals surface area contributed by atoms with Crippen LogP contribution < -0.4 is 0 Å². The van der Waals surface area contributed by atoms with Crippen LogP contribution in [-0.4, -0.2) is 0 Å². The van der Waals surface area contributed by atoms with E-state index in [1.165, 1.54) is 19.3 Å². The fourth-order valence-electron chi connectivity index (χ4n) is 2.12. The van der Waals surface area contributed by atoms with Gasteiger partial charge in [0, 0.05) is 0 Å². The minimum absolute atomic E-state index is 0.357. The largest absolute Gasteiger partial charge is 0.0849 e. The molecule has 0 aliphatic carbocycles. The van der Waals surface area contributed by atoms with Crippen LogP contribution in [-0.2, 0) is 0 Å². The Kier molecular flexibility index (Phi) is 7.90. The summed E-state index contributed by atoms with van der Waals surface area (Å²) < 4.78 is 0. The first-order valence-corrected chi connectivity index (χ1v) is 7.87. The van der Waals surface area contributed by atoms with Crippen molar-refractivity contribution in [3.63, 3.8) is 0 Å². The highest BCUT2D eigenvalue weighted by Gasteiger charge is 2.17. The van der Waals surface area contributed by atoms with Gasteiger partial charge in [0.15, 0.2) is 0 Å². The Labute approximate surface area is 116 Å². The highest BCUT2D eigenvalue weighted by Crippen LogP contribution is 2.28. The molecule has 0 saturated carbocycles. The van der Waals surface area contributed by atoms with Gasteiger partial charge in [-0.1, -0.05) is 67.5 Å². The van der Waals surface area contributed by atoms with Crippen molar-refractivity contribution in [3.8, 4) is 0 Å². The number of rotatable bonds is 8. The Morgan fingerprint density at radius 1 is 0.944 bits per heavy atom. The molecule has 2 atom stereocenters. The van der Waals surface area contributed by atoms with Crippen molar-refractivity contribution in [1.82, 2.24) is 0 Å². The third-order valence-corrected chi connectivity index (χ3v) is 4.32. The van der Waals surface area contributed by atoms with Crippen LogP contribution in [0.3, 0.4) is 0 Å². The third kappa shape index (κ3) is 7.95. The highest BCUT2D eigenvalue weighted by molar-refractivity contribution is 4.98. The molecule has 108 valence electrons. The molecule has 0 aromatic carbocycles. The van der Waals surface area contributed by atoms with Crippen molar-refractivity contribution >= 4 is 0 Å². The Hall–Kier alpha value is -0.260. The summed E-state index contributed by atoms with van der Waals surface area (Å²) in [5.41, 5.74) is 0.357. The second-order valence-electron chi connectivity index (χ2n) is 7.55. The molecule has 0 fully saturated rings. The topological polar surface area (TPSA) is 0 Å². The van der Waals surface area contributed by atoms with Gasteiger partial charge in [-0.3, -0.25) is 0 Å². The fraction of sp³-hybridized carbons (Fsp3) is 0.889. The van der Waals surface area contributed by atoms with Crippen LogP contribution in [0.5, 0.6) is 0 Å². The van der Waals surface area contributed by atoms with Crippen molar-refractivity contribution < 1.29 is 0 Å². The second-order valence-corrected chi connectivity index (χ2v) is 7.55. The minimum Gasteiger partial charge on any atom is -0.0849 e. The molecular formula is C18H36. The summed E-state index contributed by atoms with van der Waals surface area (Å²) in [6.45, 7) is 18.7. The van der Waals surface area contributed by atoms with E-state index in [0.29, 0.717) is 5.41 Å². The monoisotopic (exact) mass is 252 g/mol. The quantitative estimate of drug-likeness (QED) is 0.443. The van der Waals surface area contributed by atoms with Gasteiger partial charge in [-0.2, -0.15) is 0 Å². The molecule has 0 heterocycles. The summed E-state index contributed by atoms with van der Waals surface area (Å²) in [6, 6.07) is 0. The molecule has 0 heteroatoms. The van der Waals surface area contributed by atoms with E-state index in [9.17, 15) is 0 Å². The van der Waals surface area contributed by atoms with Gasteiger partial charge in [0.05, 0.1) is 0 Å². The highest BCUT2D eigenvalue weighted by atomic mass is 14.2. The Balaban J connectivity index is 4.59. The third-order valence-electron chi connectivity index (χ3n) is 4.32. The summed E-state index contributed by atoms with van der Waals surface area (Å²) in [7, 11) is 0. The van der Waals surface area contributed by atoms with Crippen LogP contribution >= 0.6 is 0 Å². The summed E-state index contributed by atoms with van der Waals surface area (Å²) in [4.78, 5) is 0. The van der Waals surface area contributed by atoms with Crippen LogP contribution in [0.2, 0.25) is 0 Å². The van der Waals surface area contributed by atoms with E-state index < -0.39 is 0 Å². The first-order valence-electron chi connectivity index (χ1n) is 7.87. The lowest BCUT2D eigenvalue weighted by atomic mass is 9.81. The van der Waals surface area contributed by atoms with Gasteiger partial charge in [-0.05, 0) is 48.3 Å². The zero-order valence-corrected chi connectivity index (χ0v) is 14.1. The lowest BCUT2D eigenvalue weighted by Crippen LogP contribution is -2.13. The Bertz CT molecular complexity index is 232. The maximum absolute atomic E-state index is 2.50. The molecule has 0 aliphatic rings. The standard InChI is InChI=1S/C18H36/c1-9-18(7,8)11-10-17(12-14(2)3)13-16(6)15(4)5/h10-11,14-17H,9,12-13H2,1-8H3. The van der Waals surface area contributed by atoms with E-state index in [1.54, 1.807) is 0 Å². The molecule has 0 aromatic rings. The first-order chi connectivity index (χ1) is 8.18. The molecule has 0 rings (SSSR count). The second kappa shape index (κ2) is 8.02. The number of hydrogen-bond donors (Lipinski definition) is 0. The molecule has 18 heavy (non-hydrogen) atoms. The molecule has 2 unspecified atom stereocenters. The van der Waals surface area contributed by atoms with Crippen LogP contribution in [0.1, 0.15) is 74.7 Å². The van der Waals surface area contributed by atoms with Gasteiger partial charge in [-0.15, -0.1) is 0 Å². The van der Waals surface area contributed by atoms with E-state index in [0.717, 1.165) is 23.7 Å². The summed E-state index contributed by atoms with van der Waals surface area (Å²) in [5, 5.41) is 0. The smallest absolute Gasteiger partial charge is 0.0177 e. The number of hydrogen-bond acceptors (Lipinski definition) is 0. The molecular weight excluding hydrogens is 216 g/mol. The first kappa shape index (κ1) is 17.7. The predicted molar refractivity (Wildman–Crippen MR) is 84.8 cm³/mol. The van der Waals surface area contributed by atoms with Gasteiger partial charge in [0.2, 0.25) is 0 Å². The normalized spacial score (nSPS) is 16.8. The lowest BCUT2D eigenvalue weighted by Gasteiger charge is -2.24. The molecule has 0 N–H and O–H groups in total. The molecule has 0 radical (unpaired) electrons. The molecule has 0 bridgehead atoms. The molecule has 0 saturated heterocycles. The Morgan fingerprint density at radius 2 is 1.50 bits per heavy atom. The van der Waals surface area contributed by atoms with Crippen LogP contribution in [0.15, 0.2) is 12.2 Å². The van der Waals surface area contributed by atoms with Gasteiger partial charge in [0.25, 0.3) is 0 Å². The van der Waals surface area contributed by atoms with Crippen molar-refractivity contribution in [2.75, 3.05) is 0 Å². The van der Waals surface area contributed by atoms with Crippen molar-refractivity contribution in [2.45, 2.75) is 74.7 Å². The van der Waals surface area contributed by atoms with Crippen LogP contribution in [0.25, 0.3) is 0 Å². The van der Waals surface area contributed by atoms with Crippen LogP contribution in [0, 0.1) is 29.1 Å². The maximum Gasteiger partial charge on any atom is -0.0177 e. The summed E-state index contributed by atoms with van der Waals surface area (Å²) >= 11 is 0. The molecule has 0 nitrogen and oxygen atoms in total. The Morgan fingerprint density at radius 3 is 1.89 bits per heavy atom. The minimum atomic E-state index is 0.357. The van der Waals surface area contributed by atoms with E-state index in [4.69, 9.17) is 0 Å². The molecule has 0 aliphatic heterocycles. The van der Waals surface area contributed by atoms with Gasteiger partial charge < -0.3 is 0 Å². The number of allylic oxidation sites excluding steroid dienone is 2. The average molecular weight is 252 g/mol. The molecule has 0 spiro atoms. The SMILES string of the molecule is CCC(C)(C)C=CC(CC(C)C)CC(C)C(C)C. The van der Waals surface area contributed by atoms with Crippen molar-refractivity contribution in [3.05, 3.63) is 12.2 Å². The molecule has 0 aromatic heterocycles. The fourth-order valence-corrected chi connectivity index (χ4v) is 2.12. The zero-order valence-electron chi connectivity index (χ0n) is 14.1. The van der Waals surface area contributed by atoms with E-state index in [-0.39, 0.29) is 0 Å². The maximum atomic E-state index is 2.50. The summed E-state index contributed by atoms with van der Waals surface area (Å²) in [5.74, 6) is 3.17. The average Bonchev–Trinajstić information content (AvgIpc) is 2.25. The van der Waals surface area contributed by atoms with Crippen molar-refractivity contribution in [2.24, 2.45) is 29.1 Å². The summed E-state index contributed by atoms with van der Waals surface area (Å²) in [6.07, 6.45) is 8.84.